The first-order valence-corrected chi connectivity index (χ1v) is 18.3. The monoisotopic (exact) mass is 691 g/mol. The van der Waals surface area contributed by atoms with Crippen LogP contribution in [0.3, 0.4) is 0 Å². The molecule has 0 bridgehead atoms. The van der Waals surface area contributed by atoms with Crippen LogP contribution in [0, 0.1) is 6.92 Å². The first kappa shape index (κ1) is 30.4. The molecule has 254 valence electrons. The van der Waals surface area contributed by atoms with Gasteiger partial charge in [-0.3, -0.25) is 9.13 Å². The molecule has 0 unspecified atom stereocenters. The van der Waals surface area contributed by atoms with Gasteiger partial charge < -0.3 is 4.98 Å². The lowest BCUT2D eigenvalue weighted by Crippen LogP contribution is -1.98. The highest BCUT2D eigenvalue weighted by molar-refractivity contribution is 6.13. The Hall–Kier alpha value is -7.24. The fraction of sp³-hybridized carbons (Fsp3) is 0.0204. The van der Waals surface area contributed by atoms with Crippen molar-refractivity contribution in [3.63, 3.8) is 0 Å². The molecule has 11 aromatic rings. The Morgan fingerprint density at radius 1 is 0.500 bits per heavy atom. The molecule has 0 saturated heterocycles. The molecule has 7 aromatic carbocycles. The van der Waals surface area contributed by atoms with Crippen molar-refractivity contribution >= 4 is 54.6 Å². The molecule has 0 fully saturated rings. The zero-order valence-electron chi connectivity index (χ0n) is 29.5. The van der Waals surface area contributed by atoms with E-state index in [1.54, 1.807) is 0 Å². The van der Waals surface area contributed by atoms with Crippen molar-refractivity contribution in [3.8, 4) is 45.1 Å². The van der Waals surface area contributed by atoms with Gasteiger partial charge in [0.15, 0.2) is 0 Å². The molecule has 4 heterocycles. The van der Waals surface area contributed by atoms with Crippen LogP contribution in [-0.2, 0) is 0 Å². The number of rotatable bonds is 5. The summed E-state index contributed by atoms with van der Waals surface area (Å²) in [6.45, 7) is 2.19. The Bertz CT molecular complexity index is 3210. The lowest BCUT2D eigenvalue weighted by Gasteiger charge is -2.12. The highest BCUT2D eigenvalue weighted by atomic mass is 15.1. The number of imidazole rings is 1. The highest BCUT2D eigenvalue weighted by Gasteiger charge is 2.23. The Morgan fingerprint density at radius 3 is 2.11 bits per heavy atom. The molecule has 0 atom stereocenters. The topological polar surface area (TPSA) is 51.4 Å². The number of hydrogen-bond acceptors (Lipinski definition) is 2. The second-order valence-electron chi connectivity index (χ2n) is 14.0. The molecule has 4 aromatic heterocycles. The number of hydrogen-bond donors (Lipinski definition) is 1. The second kappa shape index (κ2) is 11.9. The van der Waals surface area contributed by atoms with Gasteiger partial charge in [0, 0.05) is 50.1 Å². The third-order valence-electron chi connectivity index (χ3n) is 10.9. The lowest BCUT2D eigenvalue weighted by atomic mass is 9.97. The molecule has 1 N–H and O–H groups in total. The Labute approximate surface area is 311 Å². The molecule has 54 heavy (non-hydrogen) atoms. The maximum atomic E-state index is 5.59. The molecule has 11 rings (SSSR count). The van der Waals surface area contributed by atoms with E-state index in [2.05, 4.69) is 185 Å². The van der Waals surface area contributed by atoms with Gasteiger partial charge in [0.25, 0.3) is 0 Å². The number of benzene rings is 7. The largest absolute Gasteiger partial charge is 0.354 e. The number of nitrogens with one attached hydrogen (secondary N) is 1. The average Bonchev–Trinajstić information content (AvgIpc) is 3.91. The number of H-pyrrole nitrogens is 1. The molecule has 5 nitrogen and oxygen atoms in total. The summed E-state index contributed by atoms with van der Waals surface area (Å²) in [5.74, 6) is 1.79. The SMILES string of the molecule is Cc1ccc2c(nc(-c3cccc4c3[nH]c3ccccc34)n2-c2ccccc2)c1-c1ccc2c3cc(-c4ccccc4)ccc3n(-c3ccccn3)c2c1. The third kappa shape index (κ3) is 4.58. The summed E-state index contributed by atoms with van der Waals surface area (Å²) in [7, 11) is 0. The van der Waals surface area contributed by atoms with Crippen LogP contribution in [0.25, 0.3) is 99.8 Å². The van der Waals surface area contributed by atoms with Crippen LogP contribution in [0.5, 0.6) is 0 Å². The normalized spacial score (nSPS) is 11.8. The molecule has 0 amide bonds. The number of fused-ring (bicyclic) bond motifs is 7. The Balaban J connectivity index is 1.19. The summed E-state index contributed by atoms with van der Waals surface area (Å²) in [5, 5.41) is 4.78. The van der Waals surface area contributed by atoms with E-state index in [1.165, 1.54) is 38.2 Å². The van der Waals surface area contributed by atoms with Gasteiger partial charge in [0.2, 0.25) is 0 Å². The number of aryl methyl sites for hydroxylation is 1. The molecule has 0 spiro atoms. The van der Waals surface area contributed by atoms with E-state index in [9.17, 15) is 0 Å². The standard InChI is InChI=1S/C49H33N5/c1-31-22-26-43-48(52-49(53(43)35-15-6-3-7-16-35)39-19-12-18-38-36-17-8-9-20-41(36)51-47(38)39)46(31)34-23-25-37-40-29-33(32-13-4-2-5-14-32)24-27-42(40)54(44(37)30-34)45-21-10-11-28-50-45/h2-30,51H,1H3. The average molecular weight is 692 g/mol. The molecule has 0 radical (unpaired) electrons. The number of para-hydroxylation sites is 3. The molecule has 0 saturated carbocycles. The Morgan fingerprint density at radius 2 is 1.26 bits per heavy atom. The van der Waals surface area contributed by atoms with E-state index in [0.717, 1.165) is 67.1 Å². The van der Waals surface area contributed by atoms with Crippen LogP contribution in [0.4, 0.5) is 0 Å². The fourth-order valence-corrected chi connectivity index (χ4v) is 8.41. The van der Waals surface area contributed by atoms with Crippen molar-refractivity contribution in [2.75, 3.05) is 0 Å². The van der Waals surface area contributed by atoms with Crippen molar-refractivity contribution in [2.45, 2.75) is 6.92 Å². The molecular weight excluding hydrogens is 659 g/mol. The van der Waals surface area contributed by atoms with Gasteiger partial charge in [0.1, 0.15) is 11.6 Å². The zero-order chi connectivity index (χ0) is 35.8. The summed E-state index contributed by atoms with van der Waals surface area (Å²) in [5.41, 5.74) is 14.4. The summed E-state index contributed by atoms with van der Waals surface area (Å²) >= 11 is 0. The van der Waals surface area contributed by atoms with Gasteiger partial charge in [-0.2, -0.15) is 0 Å². The molecular formula is C49H33N5. The number of aromatic nitrogens is 5. The minimum atomic E-state index is 0.888. The quantitative estimate of drug-likeness (QED) is 0.195. The first-order chi connectivity index (χ1) is 26.7. The molecule has 5 heteroatoms. The predicted molar refractivity (Wildman–Crippen MR) is 224 cm³/mol. The first-order valence-electron chi connectivity index (χ1n) is 18.3. The van der Waals surface area contributed by atoms with Gasteiger partial charge in [-0.25, -0.2) is 9.97 Å². The van der Waals surface area contributed by atoms with Gasteiger partial charge in [-0.1, -0.05) is 109 Å². The number of aromatic amines is 1. The van der Waals surface area contributed by atoms with E-state index in [-0.39, 0.29) is 0 Å². The maximum absolute atomic E-state index is 5.59. The van der Waals surface area contributed by atoms with E-state index in [0.29, 0.717) is 0 Å². The van der Waals surface area contributed by atoms with Crippen LogP contribution >= 0.6 is 0 Å². The van der Waals surface area contributed by atoms with Crippen molar-refractivity contribution in [1.29, 1.82) is 0 Å². The molecule has 0 aliphatic heterocycles. The molecule has 0 aliphatic carbocycles. The van der Waals surface area contributed by atoms with Gasteiger partial charge in [-0.15, -0.1) is 0 Å². The smallest absolute Gasteiger partial charge is 0.147 e. The van der Waals surface area contributed by atoms with Crippen LogP contribution in [0.15, 0.2) is 176 Å². The van der Waals surface area contributed by atoms with E-state index >= 15 is 0 Å². The number of nitrogens with zero attached hydrogens (tertiary/aromatic N) is 4. The lowest BCUT2D eigenvalue weighted by molar-refractivity contribution is 1.08. The number of pyridine rings is 1. The highest BCUT2D eigenvalue weighted by Crippen LogP contribution is 2.42. The summed E-state index contributed by atoms with van der Waals surface area (Å²) in [6.07, 6.45) is 1.87. The van der Waals surface area contributed by atoms with E-state index in [4.69, 9.17) is 9.97 Å². The molecule has 0 aliphatic rings. The van der Waals surface area contributed by atoms with Crippen LogP contribution in [0.2, 0.25) is 0 Å². The van der Waals surface area contributed by atoms with Crippen molar-refractivity contribution in [1.82, 2.24) is 24.1 Å². The van der Waals surface area contributed by atoms with E-state index < -0.39 is 0 Å². The zero-order valence-corrected chi connectivity index (χ0v) is 29.5. The van der Waals surface area contributed by atoms with Gasteiger partial charge in [-0.05, 0) is 89.8 Å². The van der Waals surface area contributed by atoms with Crippen molar-refractivity contribution in [2.24, 2.45) is 0 Å². The minimum Gasteiger partial charge on any atom is -0.354 e. The predicted octanol–water partition coefficient (Wildman–Crippen LogP) is 12.5. The van der Waals surface area contributed by atoms with Crippen molar-refractivity contribution in [3.05, 3.63) is 182 Å². The third-order valence-corrected chi connectivity index (χ3v) is 10.9. The summed E-state index contributed by atoms with van der Waals surface area (Å²) in [6, 6.07) is 60.4. The summed E-state index contributed by atoms with van der Waals surface area (Å²) in [4.78, 5) is 14.2. The maximum Gasteiger partial charge on any atom is 0.147 e. The Kier molecular flexibility index (Phi) is 6.70. The van der Waals surface area contributed by atoms with Crippen LogP contribution in [0.1, 0.15) is 5.56 Å². The summed E-state index contributed by atoms with van der Waals surface area (Å²) < 4.78 is 4.61. The van der Waals surface area contributed by atoms with E-state index in [1.807, 2.05) is 12.3 Å². The fourth-order valence-electron chi connectivity index (χ4n) is 8.41. The van der Waals surface area contributed by atoms with Gasteiger partial charge in [0.05, 0.1) is 27.6 Å². The van der Waals surface area contributed by atoms with Crippen LogP contribution in [-0.4, -0.2) is 24.1 Å². The minimum absolute atomic E-state index is 0.888. The van der Waals surface area contributed by atoms with Gasteiger partial charge >= 0.3 is 0 Å². The van der Waals surface area contributed by atoms with Crippen LogP contribution < -0.4 is 0 Å². The second-order valence-corrected chi connectivity index (χ2v) is 14.0. The van der Waals surface area contributed by atoms with Crippen molar-refractivity contribution < 1.29 is 0 Å².